The van der Waals surface area contributed by atoms with Gasteiger partial charge in [-0.25, -0.2) is 9.97 Å². The van der Waals surface area contributed by atoms with Crippen molar-refractivity contribution in [2.24, 2.45) is 0 Å². The van der Waals surface area contributed by atoms with Crippen LogP contribution in [0, 0.1) is 0 Å². The van der Waals surface area contributed by atoms with E-state index < -0.39 is 0 Å². The zero-order valence-electron chi connectivity index (χ0n) is 18.6. The van der Waals surface area contributed by atoms with Crippen molar-refractivity contribution in [1.82, 2.24) is 15.0 Å². The lowest BCUT2D eigenvalue weighted by Gasteiger charge is -2.26. The summed E-state index contributed by atoms with van der Waals surface area (Å²) in [6.07, 6.45) is 6.83. The summed E-state index contributed by atoms with van der Waals surface area (Å²) in [6, 6.07) is 14.2. The molecule has 1 aliphatic carbocycles. The van der Waals surface area contributed by atoms with Crippen molar-refractivity contribution < 1.29 is 14.9 Å². The number of aromatic nitrogens is 3. The molecule has 3 aromatic heterocycles. The van der Waals surface area contributed by atoms with E-state index in [2.05, 4.69) is 21.7 Å². The van der Waals surface area contributed by atoms with E-state index in [-0.39, 0.29) is 19.3 Å². The van der Waals surface area contributed by atoms with Crippen LogP contribution in [0.25, 0.3) is 21.3 Å². The first-order valence-corrected chi connectivity index (χ1v) is 12.3. The maximum absolute atomic E-state index is 9.71. The predicted octanol–water partition coefficient (Wildman–Crippen LogP) is 4.58. The van der Waals surface area contributed by atoms with Crippen LogP contribution >= 0.6 is 11.3 Å². The summed E-state index contributed by atoms with van der Waals surface area (Å²) in [5.74, 6) is 2.19. The van der Waals surface area contributed by atoms with Crippen molar-refractivity contribution in [1.29, 1.82) is 0 Å². The van der Waals surface area contributed by atoms with Crippen LogP contribution in [0.1, 0.15) is 25.7 Å². The summed E-state index contributed by atoms with van der Waals surface area (Å²) in [7, 11) is 0. The van der Waals surface area contributed by atoms with Crippen molar-refractivity contribution in [3.8, 4) is 16.9 Å². The number of rotatable bonds is 8. The number of nitrogens with one attached hydrogen (secondary N) is 2. The third kappa shape index (κ3) is 5.44. The van der Waals surface area contributed by atoms with Gasteiger partial charge in [0, 0.05) is 17.8 Å². The van der Waals surface area contributed by atoms with E-state index in [0.29, 0.717) is 11.8 Å². The van der Waals surface area contributed by atoms with Gasteiger partial charge in [-0.05, 0) is 61.6 Å². The van der Waals surface area contributed by atoms with Crippen molar-refractivity contribution in [2.75, 3.05) is 23.8 Å². The van der Waals surface area contributed by atoms with Gasteiger partial charge < -0.3 is 25.6 Å². The first-order valence-electron chi connectivity index (χ1n) is 11.4. The van der Waals surface area contributed by atoms with Crippen molar-refractivity contribution in [2.45, 2.75) is 37.8 Å². The monoisotopic (exact) mass is 477 g/mol. The Kier molecular flexibility index (Phi) is 6.84. The van der Waals surface area contributed by atoms with Crippen LogP contribution in [0.3, 0.4) is 0 Å². The molecule has 0 atom stereocenters. The van der Waals surface area contributed by atoms with Crippen LogP contribution in [0.4, 0.5) is 16.8 Å². The third-order valence-electron chi connectivity index (χ3n) is 5.83. The summed E-state index contributed by atoms with van der Waals surface area (Å²) in [6.45, 7) is 0.202. The van der Waals surface area contributed by atoms with Crippen LogP contribution in [0.2, 0.25) is 0 Å². The molecule has 1 saturated carbocycles. The van der Waals surface area contributed by atoms with Gasteiger partial charge in [-0.15, -0.1) is 0 Å². The Morgan fingerprint density at radius 1 is 0.971 bits per heavy atom. The largest absolute Gasteiger partial charge is 0.490 e. The molecule has 3 heterocycles. The Balaban J connectivity index is 1.30. The van der Waals surface area contributed by atoms with Crippen molar-refractivity contribution >= 4 is 38.3 Å². The van der Waals surface area contributed by atoms with Crippen LogP contribution in [-0.4, -0.2) is 50.5 Å². The minimum atomic E-state index is -0.168. The highest BCUT2D eigenvalue weighted by Crippen LogP contribution is 2.32. The quantitative estimate of drug-likeness (QED) is 0.292. The van der Waals surface area contributed by atoms with Crippen molar-refractivity contribution in [3.63, 3.8) is 0 Å². The first kappa shape index (κ1) is 22.5. The van der Waals surface area contributed by atoms with Gasteiger partial charge in [0.25, 0.3) is 0 Å². The Morgan fingerprint density at radius 3 is 2.68 bits per heavy atom. The molecule has 1 aromatic carbocycles. The number of aliphatic hydroxyl groups is 2. The van der Waals surface area contributed by atoms with E-state index in [9.17, 15) is 5.11 Å². The Morgan fingerprint density at radius 2 is 1.82 bits per heavy atom. The number of hydrogen-bond donors (Lipinski definition) is 4. The number of aliphatic hydroxyl groups excluding tert-OH is 2. The minimum Gasteiger partial charge on any atom is -0.490 e. The second kappa shape index (κ2) is 10.3. The molecule has 8 nitrogen and oxygen atoms in total. The van der Waals surface area contributed by atoms with Gasteiger partial charge in [-0.2, -0.15) is 0 Å². The zero-order valence-corrected chi connectivity index (χ0v) is 19.5. The van der Waals surface area contributed by atoms with Crippen LogP contribution < -0.4 is 15.4 Å². The molecule has 1 fully saturated rings. The van der Waals surface area contributed by atoms with Crippen LogP contribution in [-0.2, 0) is 0 Å². The normalized spacial score (nSPS) is 18.1. The van der Waals surface area contributed by atoms with Crippen LogP contribution in [0.5, 0.6) is 5.75 Å². The molecule has 0 amide bonds. The maximum Gasteiger partial charge on any atom is 0.189 e. The van der Waals surface area contributed by atoms with E-state index in [1.54, 1.807) is 23.7 Å². The predicted molar refractivity (Wildman–Crippen MR) is 135 cm³/mol. The lowest BCUT2D eigenvalue weighted by atomic mass is 9.93. The number of hydrogen-bond acceptors (Lipinski definition) is 9. The van der Waals surface area contributed by atoms with Gasteiger partial charge in [0.2, 0.25) is 0 Å². The number of anilines is 3. The maximum atomic E-state index is 9.71. The van der Waals surface area contributed by atoms with Crippen molar-refractivity contribution in [3.05, 3.63) is 54.9 Å². The second-order valence-corrected chi connectivity index (χ2v) is 9.40. The molecule has 0 saturated heterocycles. The first-order chi connectivity index (χ1) is 16.7. The van der Waals surface area contributed by atoms with Gasteiger partial charge in [0.15, 0.2) is 5.13 Å². The van der Waals surface area contributed by atoms with Gasteiger partial charge in [-0.3, -0.25) is 4.98 Å². The molecular weight excluding hydrogens is 450 g/mol. The zero-order chi connectivity index (χ0) is 23.3. The summed E-state index contributed by atoms with van der Waals surface area (Å²) < 4.78 is 6.53. The van der Waals surface area contributed by atoms with E-state index >= 15 is 0 Å². The lowest BCUT2D eigenvalue weighted by molar-refractivity contribution is 0.126. The number of nitrogens with zero attached hydrogens (tertiary/aromatic N) is 3. The van der Waals surface area contributed by atoms with E-state index in [4.69, 9.17) is 19.8 Å². The highest BCUT2D eigenvalue weighted by molar-refractivity contribution is 7.22. The molecule has 176 valence electrons. The molecule has 4 aromatic rings. The highest BCUT2D eigenvalue weighted by Gasteiger charge is 2.19. The lowest BCUT2D eigenvalue weighted by Crippen LogP contribution is -2.28. The molecule has 5 rings (SSSR count). The molecule has 0 spiro atoms. The topological polar surface area (TPSA) is 112 Å². The molecule has 0 aliphatic heterocycles. The fourth-order valence-corrected chi connectivity index (χ4v) is 5.01. The Bertz CT molecular complexity index is 1260. The molecule has 0 radical (unpaired) electrons. The second-order valence-electron chi connectivity index (χ2n) is 8.37. The number of thiazole rings is 1. The number of benzene rings is 1. The molecule has 4 N–H and O–H groups in total. The number of fused-ring (bicyclic) bond motifs is 1. The average molecular weight is 478 g/mol. The Hall–Kier alpha value is -3.27. The SMILES string of the molecule is OCCOc1cncc(-c2ccc3nc(Nc4cccc(NC5CCC(O)CC5)n4)sc3c2)c1. The van der Waals surface area contributed by atoms with Gasteiger partial charge in [0.1, 0.15) is 24.0 Å². The summed E-state index contributed by atoms with van der Waals surface area (Å²) in [5, 5.41) is 26.3. The fraction of sp³-hybridized carbons (Fsp3) is 0.320. The number of ether oxygens (including phenoxy) is 1. The molecule has 0 unspecified atom stereocenters. The average Bonchev–Trinajstić information content (AvgIpc) is 3.26. The number of pyridine rings is 2. The standard InChI is InChI=1S/C25H27N5O3S/c31-10-11-33-20-12-17(14-26-15-20)16-4-9-21-22(13-16)34-25(28-21)30-24-3-1-2-23(29-24)27-18-5-7-19(32)8-6-18/h1-4,9,12-15,18-19,31-32H,5-8,10-11H2,(H2,27,28,29,30). The Labute approximate surface area is 201 Å². The molecule has 9 heteroatoms. The molecular formula is C25H27N5O3S. The fourth-order valence-electron chi connectivity index (χ4n) is 4.10. The van der Waals surface area contributed by atoms with Gasteiger partial charge in [-0.1, -0.05) is 23.5 Å². The summed E-state index contributed by atoms with van der Waals surface area (Å²) >= 11 is 1.57. The smallest absolute Gasteiger partial charge is 0.189 e. The highest BCUT2D eigenvalue weighted by atomic mass is 32.1. The molecule has 1 aliphatic rings. The minimum absolute atomic E-state index is 0.0363. The summed E-state index contributed by atoms with van der Waals surface area (Å²) in [4.78, 5) is 13.6. The van der Waals surface area contributed by atoms with Crippen LogP contribution in [0.15, 0.2) is 54.9 Å². The van der Waals surface area contributed by atoms with E-state index in [1.807, 2.05) is 36.4 Å². The van der Waals surface area contributed by atoms with Gasteiger partial charge >= 0.3 is 0 Å². The molecule has 34 heavy (non-hydrogen) atoms. The van der Waals surface area contributed by atoms with E-state index in [1.165, 1.54) is 0 Å². The molecule has 0 bridgehead atoms. The van der Waals surface area contributed by atoms with E-state index in [0.717, 1.165) is 63.8 Å². The van der Waals surface area contributed by atoms with Gasteiger partial charge in [0.05, 0.1) is 29.1 Å². The summed E-state index contributed by atoms with van der Waals surface area (Å²) in [5.41, 5.74) is 2.87. The third-order valence-corrected chi connectivity index (χ3v) is 6.76.